The molecule has 1 unspecified atom stereocenters. The van der Waals surface area contributed by atoms with Crippen molar-refractivity contribution >= 4 is 5.91 Å². The maximum Gasteiger partial charge on any atom is 0.228 e. The van der Waals surface area contributed by atoms with Gasteiger partial charge in [-0.25, -0.2) is 4.98 Å². The van der Waals surface area contributed by atoms with Crippen molar-refractivity contribution in [3.8, 4) is 0 Å². The van der Waals surface area contributed by atoms with Crippen molar-refractivity contribution in [2.24, 2.45) is 0 Å². The van der Waals surface area contributed by atoms with Crippen LogP contribution >= 0.6 is 0 Å². The molecule has 1 aliphatic rings. The van der Waals surface area contributed by atoms with Crippen LogP contribution in [0.5, 0.6) is 0 Å². The van der Waals surface area contributed by atoms with Crippen LogP contribution in [0.25, 0.3) is 0 Å². The van der Waals surface area contributed by atoms with Gasteiger partial charge >= 0.3 is 0 Å². The highest BCUT2D eigenvalue weighted by Gasteiger charge is 2.28. The zero-order valence-corrected chi connectivity index (χ0v) is 15.1. The van der Waals surface area contributed by atoms with Crippen LogP contribution in [0, 0.1) is 0 Å². The van der Waals surface area contributed by atoms with E-state index in [9.17, 15) is 4.79 Å². The van der Waals surface area contributed by atoms with E-state index in [-0.39, 0.29) is 12.0 Å². The van der Waals surface area contributed by atoms with Crippen LogP contribution in [-0.4, -0.2) is 44.2 Å². The molecule has 2 aromatic heterocycles. The van der Waals surface area contributed by atoms with E-state index in [0.29, 0.717) is 38.4 Å². The Morgan fingerprint density at radius 1 is 1.26 bits per heavy atom. The number of carbonyl (C=O) groups excluding carboxylic acids is 1. The molecular formula is C19H21N5O3. The summed E-state index contributed by atoms with van der Waals surface area (Å²) in [5, 5.41) is 7.50. The van der Waals surface area contributed by atoms with Gasteiger partial charge in [0.15, 0.2) is 6.10 Å². The van der Waals surface area contributed by atoms with Crippen LogP contribution in [-0.2, 0) is 29.0 Å². The number of aromatic nitrogens is 4. The molecule has 140 valence electrons. The number of rotatable bonds is 6. The van der Waals surface area contributed by atoms with Gasteiger partial charge in [0.05, 0.1) is 6.54 Å². The Hall–Kier alpha value is -3.00. The number of fused-ring (bicyclic) bond motifs is 1. The molecule has 0 spiro atoms. The first-order valence-corrected chi connectivity index (χ1v) is 8.91. The number of ether oxygens (including phenoxy) is 1. The molecule has 8 heteroatoms. The number of amides is 1. The number of hydrogen-bond acceptors (Lipinski definition) is 6. The van der Waals surface area contributed by atoms with Gasteiger partial charge < -0.3 is 18.6 Å². The second kappa shape index (κ2) is 7.71. The summed E-state index contributed by atoms with van der Waals surface area (Å²) in [6.07, 6.45) is 3.93. The molecule has 0 bridgehead atoms. The van der Waals surface area contributed by atoms with Crippen molar-refractivity contribution in [2.75, 3.05) is 13.7 Å². The Kier molecular flexibility index (Phi) is 4.97. The molecule has 1 aromatic carbocycles. The van der Waals surface area contributed by atoms with Crippen LogP contribution in [0.4, 0.5) is 0 Å². The average molecular weight is 367 g/mol. The van der Waals surface area contributed by atoms with Crippen molar-refractivity contribution < 1.29 is 13.9 Å². The molecule has 27 heavy (non-hydrogen) atoms. The first-order chi connectivity index (χ1) is 13.2. The van der Waals surface area contributed by atoms with E-state index in [0.717, 1.165) is 17.0 Å². The quantitative estimate of drug-likeness (QED) is 0.662. The number of nitrogens with zero attached hydrogens (tertiary/aromatic N) is 5. The van der Waals surface area contributed by atoms with E-state index in [1.54, 1.807) is 24.3 Å². The lowest BCUT2D eigenvalue weighted by Gasteiger charge is -2.25. The third-order valence-corrected chi connectivity index (χ3v) is 4.71. The minimum absolute atomic E-state index is 0.0882. The Labute approximate surface area is 156 Å². The summed E-state index contributed by atoms with van der Waals surface area (Å²) >= 11 is 0. The lowest BCUT2D eigenvalue weighted by molar-refractivity contribution is -0.132. The molecule has 1 amide bonds. The van der Waals surface area contributed by atoms with Gasteiger partial charge in [0, 0.05) is 33.0 Å². The maximum absolute atomic E-state index is 12.5. The van der Waals surface area contributed by atoms with Gasteiger partial charge in [-0.15, -0.1) is 10.2 Å². The number of aryl methyl sites for hydroxylation is 1. The summed E-state index contributed by atoms with van der Waals surface area (Å²) in [4.78, 5) is 19.0. The van der Waals surface area contributed by atoms with Crippen LogP contribution in [0.3, 0.4) is 0 Å². The van der Waals surface area contributed by atoms with Gasteiger partial charge in [-0.3, -0.25) is 4.79 Å². The minimum Gasteiger partial charge on any atom is -0.442 e. The summed E-state index contributed by atoms with van der Waals surface area (Å²) in [5.41, 5.74) is 1.80. The topological polar surface area (TPSA) is 86.3 Å². The fraction of sp³-hybridized carbons (Fsp3) is 0.368. The molecule has 8 nitrogen and oxygen atoms in total. The van der Waals surface area contributed by atoms with E-state index in [2.05, 4.69) is 15.2 Å². The molecule has 4 rings (SSSR count). The smallest absolute Gasteiger partial charge is 0.228 e. The number of hydrogen-bond donors (Lipinski definition) is 0. The van der Waals surface area contributed by atoms with Gasteiger partial charge in [-0.05, 0) is 5.56 Å². The summed E-state index contributed by atoms with van der Waals surface area (Å²) in [6, 6.07) is 9.84. The zero-order valence-electron chi connectivity index (χ0n) is 15.1. The summed E-state index contributed by atoms with van der Waals surface area (Å²) in [7, 11) is 1.64. The lowest BCUT2D eigenvalue weighted by Crippen LogP contribution is -2.36. The highest BCUT2D eigenvalue weighted by atomic mass is 16.5. The highest BCUT2D eigenvalue weighted by molar-refractivity contribution is 5.76. The highest BCUT2D eigenvalue weighted by Crippen LogP contribution is 2.29. The fourth-order valence-corrected chi connectivity index (χ4v) is 3.27. The third-order valence-electron chi connectivity index (χ3n) is 4.71. The SMILES string of the molecule is COC(c1ccccc1)c1nc2c(o1)CCN(C(=O)CCn1cnnc1)C2. The Morgan fingerprint density at radius 2 is 2.04 bits per heavy atom. The van der Waals surface area contributed by atoms with Crippen LogP contribution in [0.15, 0.2) is 47.4 Å². The Balaban J connectivity index is 1.45. The average Bonchev–Trinajstić information content (AvgIpc) is 3.36. The molecule has 0 fully saturated rings. The molecule has 3 aromatic rings. The van der Waals surface area contributed by atoms with E-state index < -0.39 is 0 Å². The molecule has 1 aliphatic heterocycles. The largest absolute Gasteiger partial charge is 0.442 e. The van der Waals surface area contributed by atoms with Crippen molar-refractivity contribution in [3.63, 3.8) is 0 Å². The standard InChI is InChI=1S/C19H21N5O3/c1-26-18(14-5-3-2-4-6-14)19-22-15-11-24(10-7-16(15)27-19)17(25)8-9-23-12-20-21-13-23/h2-6,12-13,18H,7-11H2,1H3. The Morgan fingerprint density at radius 3 is 2.78 bits per heavy atom. The van der Waals surface area contributed by atoms with E-state index >= 15 is 0 Å². The van der Waals surface area contributed by atoms with E-state index in [4.69, 9.17) is 9.15 Å². The summed E-state index contributed by atoms with van der Waals surface area (Å²) in [6.45, 7) is 1.66. The summed E-state index contributed by atoms with van der Waals surface area (Å²) in [5.74, 6) is 1.46. The van der Waals surface area contributed by atoms with Crippen LogP contribution in [0.1, 0.15) is 35.4 Å². The van der Waals surface area contributed by atoms with Crippen molar-refractivity contribution in [1.82, 2.24) is 24.6 Å². The molecule has 0 radical (unpaired) electrons. The van der Waals surface area contributed by atoms with Crippen molar-refractivity contribution in [2.45, 2.75) is 32.0 Å². The molecular weight excluding hydrogens is 346 g/mol. The first kappa shape index (κ1) is 17.4. The monoisotopic (exact) mass is 367 g/mol. The number of methoxy groups -OCH3 is 1. The molecule has 3 heterocycles. The maximum atomic E-state index is 12.5. The van der Waals surface area contributed by atoms with Crippen molar-refractivity contribution in [1.29, 1.82) is 0 Å². The van der Waals surface area contributed by atoms with Crippen molar-refractivity contribution in [3.05, 3.63) is 65.9 Å². The molecule has 0 aliphatic carbocycles. The van der Waals surface area contributed by atoms with Gasteiger partial charge in [-0.2, -0.15) is 0 Å². The third kappa shape index (κ3) is 3.75. The number of carbonyl (C=O) groups is 1. The van der Waals surface area contributed by atoms with E-state index in [1.165, 1.54) is 0 Å². The second-order valence-electron chi connectivity index (χ2n) is 6.46. The van der Waals surface area contributed by atoms with E-state index in [1.807, 2.05) is 35.2 Å². The minimum atomic E-state index is -0.352. The summed E-state index contributed by atoms with van der Waals surface area (Å²) < 4.78 is 13.4. The predicted molar refractivity (Wildman–Crippen MR) is 95.6 cm³/mol. The van der Waals surface area contributed by atoms with Crippen LogP contribution in [0.2, 0.25) is 0 Å². The zero-order chi connectivity index (χ0) is 18.6. The van der Waals surface area contributed by atoms with Gasteiger partial charge in [-0.1, -0.05) is 30.3 Å². The number of oxazole rings is 1. The Bertz CT molecular complexity index is 891. The molecule has 0 saturated heterocycles. The molecule has 1 atom stereocenters. The fourth-order valence-electron chi connectivity index (χ4n) is 3.27. The number of benzene rings is 1. The van der Waals surface area contributed by atoms with Crippen LogP contribution < -0.4 is 0 Å². The normalized spacial score (nSPS) is 14.8. The molecule has 0 saturated carbocycles. The van der Waals surface area contributed by atoms with Gasteiger partial charge in [0.25, 0.3) is 0 Å². The molecule has 0 N–H and O–H groups in total. The first-order valence-electron chi connectivity index (χ1n) is 8.91. The van der Waals surface area contributed by atoms with Gasteiger partial charge in [0.2, 0.25) is 11.8 Å². The second-order valence-corrected chi connectivity index (χ2v) is 6.46. The lowest BCUT2D eigenvalue weighted by atomic mass is 10.1. The predicted octanol–water partition coefficient (Wildman–Crippen LogP) is 1.98. The van der Waals surface area contributed by atoms with Gasteiger partial charge in [0.1, 0.15) is 24.1 Å².